The van der Waals surface area contributed by atoms with Crippen molar-refractivity contribution in [1.82, 2.24) is 0 Å². The third kappa shape index (κ3) is 59.5. The summed E-state index contributed by atoms with van der Waals surface area (Å²) in [5, 5.41) is 0. The molecule has 0 spiro atoms. The molecular formula is C69H106O6. The highest BCUT2D eigenvalue weighted by atomic mass is 16.6. The van der Waals surface area contributed by atoms with Gasteiger partial charge in [-0.15, -0.1) is 0 Å². The van der Waals surface area contributed by atoms with E-state index in [0.717, 1.165) is 180 Å². The smallest absolute Gasteiger partial charge is 0.306 e. The average Bonchev–Trinajstić information content (AvgIpc) is 3.41. The molecule has 0 aliphatic carbocycles. The minimum Gasteiger partial charge on any atom is -0.462 e. The van der Waals surface area contributed by atoms with E-state index < -0.39 is 6.10 Å². The molecule has 0 aliphatic rings. The molecule has 0 radical (unpaired) electrons. The van der Waals surface area contributed by atoms with E-state index >= 15 is 0 Å². The van der Waals surface area contributed by atoms with Gasteiger partial charge in [-0.2, -0.15) is 0 Å². The zero-order chi connectivity index (χ0) is 54.3. The first-order chi connectivity index (χ1) is 37.0. The first-order valence-electron chi connectivity index (χ1n) is 29.6. The van der Waals surface area contributed by atoms with Gasteiger partial charge in [0, 0.05) is 19.3 Å². The van der Waals surface area contributed by atoms with Crippen LogP contribution in [-0.2, 0) is 28.6 Å². The Kier molecular flexibility index (Phi) is 57.0. The molecule has 0 N–H and O–H groups in total. The van der Waals surface area contributed by atoms with Gasteiger partial charge in [0.25, 0.3) is 0 Å². The lowest BCUT2D eigenvalue weighted by Gasteiger charge is -2.18. The Hall–Kier alpha value is -5.23. The zero-order valence-electron chi connectivity index (χ0n) is 47.7. The van der Waals surface area contributed by atoms with Gasteiger partial charge in [-0.3, -0.25) is 14.4 Å². The maximum absolute atomic E-state index is 12.9. The molecule has 6 heteroatoms. The highest BCUT2D eigenvalue weighted by Gasteiger charge is 2.19. The fraction of sp³-hybridized carbons (Fsp3) is 0.551. The van der Waals surface area contributed by atoms with Crippen LogP contribution in [0.3, 0.4) is 0 Å². The van der Waals surface area contributed by atoms with Crippen molar-refractivity contribution in [2.75, 3.05) is 13.2 Å². The predicted molar refractivity (Wildman–Crippen MR) is 325 cm³/mol. The first-order valence-corrected chi connectivity index (χ1v) is 29.6. The number of rotatable bonds is 51. The van der Waals surface area contributed by atoms with E-state index in [4.69, 9.17) is 14.2 Å². The van der Waals surface area contributed by atoms with E-state index in [2.05, 4.69) is 191 Å². The molecule has 75 heavy (non-hydrogen) atoms. The third-order valence-electron chi connectivity index (χ3n) is 11.7. The Balaban J connectivity index is 4.55. The molecule has 1 atom stereocenters. The van der Waals surface area contributed by atoms with E-state index in [-0.39, 0.29) is 44.0 Å². The summed E-state index contributed by atoms with van der Waals surface area (Å²) in [5.74, 6) is -1.01. The third-order valence-corrected chi connectivity index (χ3v) is 11.7. The quantitative estimate of drug-likeness (QED) is 0.0261. The van der Waals surface area contributed by atoms with Crippen molar-refractivity contribution in [3.8, 4) is 0 Å². The maximum atomic E-state index is 12.9. The molecule has 0 bridgehead atoms. The number of carbonyl (C=O) groups is 3. The Morgan fingerprint density at radius 3 is 0.773 bits per heavy atom. The lowest BCUT2D eigenvalue weighted by Crippen LogP contribution is -2.30. The van der Waals surface area contributed by atoms with Crippen molar-refractivity contribution >= 4 is 17.9 Å². The summed E-state index contributed by atoms with van der Waals surface area (Å²) in [6.45, 7) is 6.21. The molecule has 0 aliphatic heterocycles. The van der Waals surface area contributed by atoms with Crippen LogP contribution in [0.25, 0.3) is 0 Å². The van der Waals surface area contributed by atoms with Crippen molar-refractivity contribution in [2.24, 2.45) is 0 Å². The molecule has 418 valence electrons. The van der Waals surface area contributed by atoms with Gasteiger partial charge in [-0.25, -0.2) is 0 Å². The van der Waals surface area contributed by atoms with Crippen LogP contribution < -0.4 is 0 Å². The molecule has 0 heterocycles. The molecule has 0 aromatic carbocycles. The fourth-order valence-corrected chi connectivity index (χ4v) is 7.37. The molecule has 0 saturated carbocycles. The summed E-state index contributed by atoms with van der Waals surface area (Å²) in [6.07, 6.45) is 90.6. The second kappa shape index (κ2) is 61.3. The van der Waals surface area contributed by atoms with Crippen LogP contribution in [0, 0.1) is 0 Å². The molecule has 0 fully saturated rings. The predicted octanol–water partition coefficient (Wildman–Crippen LogP) is 20.3. The monoisotopic (exact) mass is 1030 g/mol. The molecule has 6 nitrogen and oxygen atoms in total. The van der Waals surface area contributed by atoms with Gasteiger partial charge < -0.3 is 14.2 Å². The summed E-state index contributed by atoms with van der Waals surface area (Å²) in [7, 11) is 0. The van der Waals surface area contributed by atoms with E-state index in [1.165, 1.54) is 0 Å². The summed E-state index contributed by atoms with van der Waals surface area (Å²) in [6, 6.07) is 0. The fourth-order valence-electron chi connectivity index (χ4n) is 7.37. The first kappa shape index (κ1) is 69.8. The van der Waals surface area contributed by atoms with Gasteiger partial charge in [0.05, 0.1) is 0 Å². The van der Waals surface area contributed by atoms with E-state index in [1.54, 1.807) is 0 Å². The number of carbonyl (C=O) groups excluding carboxylic acids is 3. The highest BCUT2D eigenvalue weighted by molar-refractivity contribution is 5.71. The number of allylic oxidation sites excluding steroid dienone is 28. The summed E-state index contributed by atoms with van der Waals surface area (Å²) in [4.78, 5) is 38.2. The Morgan fingerprint density at radius 1 is 0.267 bits per heavy atom. The Morgan fingerprint density at radius 2 is 0.480 bits per heavy atom. The van der Waals surface area contributed by atoms with Gasteiger partial charge in [0.15, 0.2) is 6.10 Å². The molecule has 0 amide bonds. The van der Waals surface area contributed by atoms with Crippen LogP contribution in [0.5, 0.6) is 0 Å². The number of hydrogen-bond acceptors (Lipinski definition) is 6. The molecular weight excluding hydrogens is 925 g/mol. The molecule has 0 aromatic heterocycles. The lowest BCUT2D eigenvalue weighted by molar-refractivity contribution is -0.167. The summed E-state index contributed by atoms with van der Waals surface area (Å²) >= 11 is 0. The van der Waals surface area contributed by atoms with Crippen molar-refractivity contribution in [2.45, 2.75) is 232 Å². The number of hydrogen-bond donors (Lipinski definition) is 0. The van der Waals surface area contributed by atoms with Crippen molar-refractivity contribution in [3.05, 3.63) is 170 Å². The summed E-state index contributed by atoms with van der Waals surface area (Å²) < 4.78 is 16.8. The second-order valence-corrected chi connectivity index (χ2v) is 18.8. The second-order valence-electron chi connectivity index (χ2n) is 18.8. The number of ether oxygens (including phenoxy) is 3. The van der Waals surface area contributed by atoms with Gasteiger partial charge in [0.1, 0.15) is 13.2 Å². The Labute approximate surface area is 460 Å². The SMILES string of the molecule is CC/C=C\C/C=C\C/C=C\C/C=C\C/C=C\CCCCCCCC(=O)OCC(COC(=O)CCCC/C=C\C/C=C\C/C=C\C/C=C\CC)OC(=O)CCCCCCC/C=C\C/C=C\C/C=C\C/C=C\C/C=C\CC. The van der Waals surface area contributed by atoms with Gasteiger partial charge in [0.2, 0.25) is 0 Å². The topological polar surface area (TPSA) is 78.9 Å². The zero-order valence-corrected chi connectivity index (χ0v) is 47.7. The minimum absolute atomic E-state index is 0.118. The molecule has 0 rings (SSSR count). The maximum Gasteiger partial charge on any atom is 0.306 e. The van der Waals surface area contributed by atoms with Crippen LogP contribution >= 0.6 is 0 Å². The number of esters is 3. The molecule has 1 unspecified atom stereocenters. The van der Waals surface area contributed by atoms with E-state index in [9.17, 15) is 14.4 Å². The van der Waals surface area contributed by atoms with E-state index in [1.807, 2.05) is 0 Å². The Bertz CT molecular complexity index is 1750. The van der Waals surface area contributed by atoms with Crippen molar-refractivity contribution in [1.29, 1.82) is 0 Å². The normalized spacial score (nSPS) is 13.4. The highest BCUT2D eigenvalue weighted by Crippen LogP contribution is 2.13. The van der Waals surface area contributed by atoms with Gasteiger partial charge in [-0.05, 0) is 148 Å². The largest absolute Gasteiger partial charge is 0.462 e. The van der Waals surface area contributed by atoms with Crippen LogP contribution in [0.15, 0.2) is 170 Å². The van der Waals surface area contributed by atoms with Crippen molar-refractivity contribution < 1.29 is 28.6 Å². The van der Waals surface area contributed by atoms with Crippen LogP contribution in [0.1, 0.15) is 226 Å². The van der Waals surface area contributed by atoms with Crippen LogP contribution in [-0.4, -0.2) is 37.2 Å². The standard InChI is InChI=1S/C69H106O6/c1-4-7-10-13-16-19-22-25-28-30-32-34-36-38-41-44-47-50-53-56-59-62-68(71)74-65-66(64-73-67(70)61-58-55-52-49-46-43-40-27-24-21-18-15-12-9-6-3)75-69(72)63-60-57-54-51-48-45-42-39-37-35-33-31-29-26-23-20-17-14-11-8-5-2/h7-12,16-21,25-29,32-35,38-42,46,49,66H,4-6,13-15,22-24,30-31,36-37,43-45,47-48,50-65H2,1-3H3/b10-7-,11-8-,12-9-,19-16-,20-17-,21-18-,28-25-,29-26-,34-32-,35-33-,40-27-,41-38-,42-39-,49-46-. The van der Waals surface area contributed by atoms with Crippen LogP contribution in [0.2, 0.25) is 0 Å². The summed E-state index contributed by atoms with van der Waals surface area (Å²) in [5.41, 5.74) is 0. The van der Waals surface area contributed by atoms with Gasteiger partial charge in [-0.1, -0.05) is 229 Å². The van der Waals surface area contributed by atoms with Crippen molar-refractivity contribution in [3.63, 3.8) is 0 Å². The lowest BCUT2D eigenvalue weighted by atomic mass is 10.1. The molecule has 0 saturated heterocycles. The van der Waals surface area contributed by atoms with E-state index in [0.29, 0.717) is 12.8 Å². The minimum atomic E-state index is -0.825. The van der Waals surface area contributed by atoms with Gasteiger partial charge >= 0.3 is 17.9 Å². The number of unbranched alkanes of at least 4 members (excludes halogenated alkanes) is 12. The molecule has 0 aromatic rings. The van der Waals surface area contributed by atoms with Crippen LogP contribution in [0.4, 0.5) is 0 Å². The average molecular weight is 1030 g/mol.